The van der Waals surface area contributed by atoms with Gasteiger partial charge in [0.25, 0.3) is 11.8 Å². The number of aryl methyl sites for hydroxylation is 2. The minimum atomic E-state index is -0.834. The quantitative estimate of drug-likeness (QED) is 0.319. The molecule has 9 heteroatoms. The van der Waals surface area contributed by atoms with Crippen molar-refractivity contribution >= 4 is 29.4 Å². The zero-order valence-corrected chi connectivity index (χ0v) is 26.1. The van der Waals surface area contributed by atoms with Gasteiger partial charge in [-0.25, -0.2) is 0 Å². The lowest BCUT2D eigenvalue weighted by Gasteiger charge is -2.24. The molecule has 6 rings (SSSR count). The van der Waals surface area contributed by atoms with Crippen LogP contribution in [0.25, 0.3) is 0 Å². The molecule has 0 aliphatic carbocycles. The molecule has 3 unspecified atom stereocenters. The number of anilines is 1. The highest BCUT2D eigenvalue weighted by Gasteiger charge is 2.38. The van der Waals surface area contributed by atoms with E-state index in [-0.39, 0.29) is 23.9 Å². The van der Waals surface area contributed by atoms with Crippen LogP contribution in [-0.2, 0) is 12.8 Å². The standard InChI is InChI=1S/C35H42N4O5/c1-21-12-25-18-36-28-14-23(31(43-3)16-26(28)34(41)38(25)19-21)10-8-6-5-7-9-11-24-15-29-27(17-32(24)44-4)35(42)39-20-22(2)13-30(39)33(40)37-29/h14-20,25,30,33,37,40H,5-13H2,1-4H3. The van der Waals surface area contributed by atoms with E-state index in [9.17, 15) is 14.7 Å². The number of ether oxygens (including phenoxy) is 2. The first-order valence-electron chi connectivity index (χ1n) is 15.7. The van der Waals surface area contributed by atoms with Crippen molar-refractivity contribution < 1.29 is 24.2 Å². The van der Waals surface area contributed by atoms with Gasteiger partial charge in [-0.15, -0.1) is 0 Å². The van der Waals surface area contributed by atoms with Crippen LogP contribution in [0.4, 0.5) is 11.4 Å². The molecule has 0 saturated heterocycles. The van der Waals surface area contributed by atoms with Crippen LogP contribution in [-0.4, -0.2) is 65.5 Å². The van der Waals surface area contributed by atoms with E-state index in [0.29, 0.717) is 29.0 Å². The summed E-state index contributed by atoms with van der Waals surface area (Å²) in [4.78, 5) is 34.6. The van der Waals surface area contributed by atoms with Gasteiger partial charge in [0.2, 0.25) is 0 Å². The molecule has 3 atom stereocenters. The first-order chi connectivity index (χ1) is 21.3. The van der Waals surface area contributed by atoms with Crippen LogP contribution in [0.15, 0.2) is 52.8 Å². The molecule has 4 aliphatic rings. The number of amides is 2. The molecular formula is C35H42N4O5. The molecule has 0 fully saturated rings. The van der Waals surface area contributed by atoms with E-state index in [1.165, 1.54) is 5.57 Å². The van der Waals surface area contributed by atoms with Gasteiger partial charge in [0, 0.05) is 24.3 Å². The molecule has 0 saturated carbocycles. The number of aliphatic hydroxyl groups is 1. The summed E-state index contributed by atoms with van der Waals surface area (Å²) in [5.41, 5.74) is 6.85. The van der Waals surface area contributed by atoms with Crippen LogP contribution in [0.1, 0.15) is 90.6 Å². The van der Waals surface area contributed by atoms with Crippen molar-refractivity contribution in [3.05, 3.63) is 70.1 Å². The van der Waals surface area contributed by atoms with E-state index < -0.39 is 6.23 Å². The van der Waals surface area contributed by atoms with E-state index in [2.05, 4.69) is 5.32 Å². The maximum Gasteiger partial charge on any atom is 0.260 e. The first-order valence-corrected chi connectivity index (χ1v) is 15.7. The number of methoxy groups -OCH3 is 2. The molecule has 2 N–H and O–H groups in total. The zero-order chi connectivity index (χ0) is 31.0. The van der Waals surface area contributed by atoms with E-state index >= 15 is 0 Å². The zero-order valence-electron chi connectivity index (χ0n) is 26.1. The van der Waals surface area contributed by atoms with E-state index in [4.69, 9.17) is 14.5 Å². The van der Waals surface area contributed by atoms with Crippen LogP contribution < -0.4 is 14.8 Å². The summed E-state index contributed by atoms with van der Waals surface area (Å²) in [7, 11) is 3.29. The van der Waals surface area contributed by atoms with Crippen LogP contribution in [0.3, 0.4) is 0 Å². The molecule has 2 amide bonds. The van der Waals surface area contributed by atoms with Gasteiger partial charge < -0.3 is 29.7 Å². The first kappa shape index (κ1) is 29.9. The smallest absolute Gasteiger partial charge is 0.260 e. The predicted molar refractivity (Wildman–Crippen MR) is 171 cm³/mol. The van der Waals surface area contributed by atoms with Crippen molar-refractivity contribution in [2.75, 3.05) is 19.5 Å². The van der Waals surface area contributed by atoms with E-state index in [1.807, 2.05) is 56.7 Å². The van der Waals surface area contributed by atoms with Gasteiger partial charge in [0.05, 0.1) is 43.1 Å². The van der Waals surface area contributed by atoms with Gasteiger partial charge in [0.1, 0.15) is 17.7 Å². The lowest BCUT2D eigenvalue weighted by molar-refractivity contribution is 0.0643. The molecule has 0 spiro atoms. The number of benzene rings is 2. The number of aliphatic imine (C=N–C) groups is 1. The fourth-order valence-electron chi connectivity index (χ4n) is 6.88. The van der Waals surface area contributed by atoms with Crippen molar-refractivity contribution in [2.45, 2.75) is 89.9 Å². The monoisotopic (exact) mass is 598 g/mol. The van der Waals surface area contributed by atoms with E-state index in [1.54, 1.807) is 24.0 Å². The van der Waals surface area contributed by atoms with Gasteiger partial charge in [-0.3, -0.25) is 14.6 Å². The SMILES string of the molecule is COc1cc2c(cc1CCCCCCCc1cc3c(cc1OC)C(=O)N1C=C(C)CC1C(O)N3)N=CC1CC(C)=CN1C2=O. The Morgan fingerprint density at radius 3 is 2.11 bits per heavy atom. The molecule has 9 nitrogen and oxygen atoms in total. The topological polar surface area (TPSA) is 104 Å². The number of unbranched alkanes of at least 4 members (excludes halogenated alkanes) is 4. The molecule has 232 valence electrons. The Kier molecular flexibility index (Phi) is 8.49. The summed E-state index contributed by atoms with van der Waals surface area (Å²) in [6.07, 6.45) is 13.2. The molecule has 2 aromatic rings. The second-order valence-corrected chi connectivity index (χ2v) is 12.4. The average Bonchev–Trinajstić information content (AvgIpc) is 3.55. The van der Waals surface area contributed by atoms with Crippen molar-refractivity contribution in [2.24, 2.45) is 4.99 Å². The minimum Gasteiger partial charge on any atom is -0.496 e. The second kappa shape index (κ2) is 12.5. The Labute approximate surface area is 259 Å². The van der Waals surface area contributed by atoms with Crippen molar-refractivity contribution in [1.82, 2.24) is 9.80 Å². The number of carbonyl (C=O) groups excluding carboxylic acids is 2. The maximum atomic E-state index is 13.3. The molecule has 0 bridgehead atoms. The fraction of sp³-hybridized carbons (Fsp3) is 0.457. The number of carbonyl (C=O) groups is 2. The number of aliphatic hydroxyl groups excluding tert-OH is 1. The maximum absolute atomic E-state index is 13.3. The minimum absolute atomic E-state index is 0.0140. The Hall–Kier alpha value is -4.11. The number of hydrogen-bond donors (Lipinski definition) is 2. The number of fused-ring (bicyclic) bond motifs is 4. The Bertz CT molecular complexity index is 1560. The Morgan fingerprint density at radius 1 is 0.818 bits per heavy atom. The third-order valence-electron chi connectivity index (χ3n) is 9.19. The number of nitrogens with one attached hydrogen (secondary N) is 1. The lowest BCUT2D eigenvalue weighted by atomic mass is 9.99. The molecular weight excluding hydrogens is 556 g/mol. The average molecular weight is 599 g/mol. The largest absolute Gasteiger partial charge is 0.496 e. The lowest BCUT2D eigenvalue weighted by Crippen LogP contribution is -2.42. The third-order valence-corrected chi connectivity index (χ3v) is 9.19. The summed E-state index contributed by atoms with van der Waals surface area (Å²) < 4.78 is 11.4. The van der Waals surface area contributed by atoms with Crippen LogP contribution in [0, 0.1) is 0 Å². The van der Waals surface area contributed by atoms with Crippen LogP contribution in [0.5, 0.6) is 11.5 Å². The summed E-state index contributed by atoms with van der Waals surface area (Å²) in [5, 5.41) is 14.0. The van der Waals surface area contributed by atoms with E-state index in [0.717, 1.165) is 79.5 Å². The molecule has 44 heavy (non-hydrogen) atoms. The molecule has 0 aromatic heterocycles. The molecule has 0 radical (unpaired) electrons. The van der Waals surface area contributed by atoms with Crippen molar-refractivity contribution in [3.8, 4) is 11.5 Å². The summed E-state index contributed by atoms with van der Waals surface area (Å²) in [6, 6.07) is 7.33. The highest BCUT2D eigenvalue weighted by molar-refractivity contribution is 6.04. The molecule has 2 aromatic carbocycles. The molecule has 4 heterocycles. The van der Waals surface area contributed by atoms with Crippen LogP contribution >= 0.6 is 0 Å². The number of nitrogens with zero attached hydrogens (tertiary/aromatic N) is 3. The second-order valence-electron chi connectivity index (χ2n) is 12.4. The predicted octanol–water partition coefficient (Wildman–Crippen LogP) is 6.14. The van der Waals surface area contributed by atoms with Gasteiger partial charge in [-0.05, 0) is 87.8 Å². The molecule has 4 aliphatic heterocycles. The highest BCUT2D eigenvalue weighted by Crippen LogP contribution is 2.37. The summed E-state index contributed by atoms with van der Waals surface area (Å²) in [5.74, 6) is 1.30. The summed E-state index contributed by atoms with van der Waals surface area (Å²) in [6.45, 7) is 4.02. The van der Waals surface area contributed by atoms with Crippen molar-refractivity contribution in [1.29, 1.82) is 0 Å². The fourth-order valence-corrected chi connectivity index (χ4v) is 6.88. The van der Waals surface area contributed by atoms with Gasteiger partial charge in [-0.1, -0.05) is 30.4 Å². The highest BCUT2D eigenvalue weighted by atomic mass is 16.5. The number of rotatable bonds is 10. The summed E-state index contributed by atoms with van der Waals surface area (Å²) >= 11 is 0. The van der Waals surface area contributed by atoms with Crippen molar-refractivity contribution in [3.63, 3.8) is 0 Å². The van der Waals surface area contributed by atoms with Gasteiger partial charge in [-0.2, -0.15) is 0 Å². The Morgan fingerprint density at radius 2 is 1.41 bits per heavy atom. The third kappa shape index (κ3) is 5.73. The van der Waals surface area contributed by atoms with Gasteiger partial charge >= 0.3 is 0 Å². The Balaban J connectivity index is 1.03. The number of hydrogen-bond acceptors (Lipinski definition) is 7. The van der Waals surface area contributed by atoms with Gasteiger partial charge in [0.15, 0.2) is 0 Å². The van der Waals surface area contributed by atoms with Crippen LogP contribution in [0.2, 0.25) is 0 Å². The normalized spacial score (nSPS) is 21.9.